The molecule has 4 nitrogen and oxygen atoms in total. The van der Waals surface area contributed by atoms with Crippen molar-refractivity contribution >= 4 is 5.96 Å². The van der Waals surface area contributed by atoms with E-state index in [2.05, 4.69) is 15.6 Å². The molecule has 0 heterocycles. The number of ether oxygens (including phenoxy) is 1. The number of hydrogen-bond acceptors (Lipinski definition) is 2. The van der Waals surface area contributed by atoms with Gasteiger partial charge in [-0.05, 0) is 30.5 Å². The second-order valence-electron chi connectivity index (χ2n) is 5.60. The third-order valence-corrected chi connectivity index (χ3v) is 3.68. The quantitative estimate of drug-likeness (QED) is 0.644. The number of rotatable bonds is 5. The second-order valence-corrected chi connectivity index (χ2v) is 5.60. The molecule has 1 aliphatic carbocycles. The van der Waals surface area contributed by atoms with Crippen molar-refractivity contribution in [2.75, 3.05) is 13.7 Å². The Hall–Kier alpha value is -1.92. The van der Waals surface area contributed by atoms with E-state index in [0.717, 1.165) is 18.4 Å². The van der Waals surface area contributed by atoms with Crippen molar-refractivity contribution in [3.8, 4) is 5.75 Å². The Labute approximate surface area is 134 Å². The van der Waals surface area contributed by atoms with Gasteiger partial charge in [0.2, 0.25) is 0 Å². The zero-order valence-corrected chi connectivity index (χ0v) is 13.1. The van der Waals surface area contributed by atoms with E-state index in [1.807, 2.05) is 6.07 Å². The molecule has 1 saturated carbocycles. The molecule has 23 heavy (non-hydrogen) atoms. The molecule has 0 amide bonds. The van der Waals surface area contributed by atoms with Gasteiger partial charge in [-0.25, -0.2) is 0 Å². The van der Waals surface area contributed by atoms with Gasteiger partial charge < -0.3 is 15.4 Å². The molecule has 1 aromatic rings. The summed E-state index contributed by atoms with van der Waals surface area (Å²) in [5.41, 5.74) is 0.832. The summed E-state index contributed by atoms with van der Waals surface area (Å²) in [5.74, 6) is 0.916. The number of hydrogen-bond donors (Lipinski definition) is 2. The summed E-state index contributed by atoms with van der Waals surface area (Å²) in [4.78, 5) is 4.17. The van der Waals surface area contributed by atoms with Crippen LogP contribution in [0.5, 0.6) is 5.75 Å². The molecular weight excluding hydrogens is 307 g/mol. The van der Waals surface area contributed by atoms with E-state index in [9.17, 15) is 13.2 Å². The third kappa shape index (κ3) is 6.38. The molecule has 0 radical (unpaired) electrons. The molecule has 0 atom stereocenters. The summed E-state index contributed by atoms with van der Waals surface area (Å²) < 4.78 is 41.3. The molecule has 7 heteroatoms. The minimum Gasteiger partial charge on any atom is -0.484 e. The summed E-state index contributed by atoms with van der Waals surface area (Å²) in [6, 6.07) is 7.07. The highest BCUT2D eigenvalue weighted by Gasteiger charge is 2.28. The standard InChI is InChI=1S/C16H22F3N3O/c1-20-15(22-13-6-2-3-7-13)21-10-12-5-4-8-14(9-12)23-11-16(17,18)19/h4-5,8-9,13H,2-3,6-7,10-11H2,1H3,(H2,20,21,22). The first-order valence-corrected chi connectivity index (χ1v) is 7.72. The maximum absolute atomic E-state index is 12.2. The minimum absolute atomic E-state index is 0.209. The highest BCUT2D eigenvalue weighted by molar-refractivity contribution is 5.79. The molecule has 1 aliphatic rings. The van der Waals surface area contributed by atoms with Gasteiger partial charge in [-0.15, -0.1) is 0 Å². The van der Waals surface area contributed by atoms with Crippen molar-refractivity contribution in [1.29, 1.82) is 0 Å². The first kappa shape index (κ1) is 17.4. The summed E-state index contributed by atoms with van der Waals surface area (Å²) in [6.45, 7) is -0.815. The van der Waals surface area contributed by atoms with E-state index in [0.29, 0.717) is 18.5 Å². The smallest absolute Gasteiger partial charge is 0.422 e. The lowest BCUT2D eigenvalue weighted by atomic mass is 10.2. The average molecular weight is 329 g/mol. The Morgan fingerprint density at radius 1 is 1.30 bits per heavy atom. The monoisotopic (exact) mass is 329 g/mol. The van der Waals surface area contributed by atoms with Gasteiger partial charge in [-0.2, -0.15) is 13.2 Å². The summed E-state index contributed by atoms with van der Waals surface area (Å²) in [5, 5.41) is 6.53. The number of alkyl halides is 3. The van der Waals surface area contributed by atoms with Crippen LogP contribution in [0, 0.1) is 0 Å². The van der Waals surface area contributed by atoms with Gasteiger partial charge >= 0.3 is 6.18 Å². The van der Waals surface area contributed by atoms with Crippen molar-refractivity contribution in [3.63, 3.8) is 0 Å². The van der Waals surface area contributed by atoms with Crippen LogP contribution in [-0.4, -0.2) is 31.8 Å². The van der Waals surface area contributed by atoms with Gasteiger partial charge in [0, 0.05) is 19.6 Å². The molecule has 0 bridgehead atoms. The van der Waals surface area contributed by atoms with E-state index in [1.54, 1.807) is 19.2 Å². The Kier molecular flexibility index (Phi) is 6.12. The predicted molar refractivity (Wildman–Crippen MR) is 83.6 cm³/mol. The lowest BCUT2D eigenvalue weighted by Crippen LogP contribution is -2.41. The van der Waals surface area contributed by atoms with Crippen LogP contribution in [0.1, 0.15) is 31.2 Å². The van der Waals surface area contributed by atoms with Crippen molar-refractivity contribution < 1.29 is 17.9 Å². The maximum Gasteiger partial charge on any atom is 0.422 e. The fraction of sp³-hybridized carbons (Fsp3) is 0.562. The van der Waals surface area contributed by atoms with Crippen LogP contribution >= 0.6 is 0 Å². The van der Waals surface area contributed by atoms with Crippen LogP contribution < -0.4 is 15.4 Å². The molecule has 1 fully saturated rings. The molecular formula is C16H22F3N3O. The largest absolute Gasteiger partial charge is 0.484 e. The van der Waals surface area contributed by atoms with Crippen molar-refractivity contribution in [3.05, 3.63) is 29.8 Å². The lowest BCUT2D eigenvalue weighted by molar-refractivity contribution is -0.153. The first-order valence-electron chi connectivity index (χ1n) is 7.72. The molecule has 2 rings (SSSR count). The average Bonchev–Trinajstić information content (AvgIpc) is 3.02. The number of aliphatic imine (C=N–C) groups is 1. The van der Waals surface area contributed by atoms with Crippen LogP contribution in [0.25, 0.3) is 0 Å². The van der Waals surface area contributed by atoms with Crippen LogP contribution in [0.4, 0.5) is 13.2 Å². The Bertz CT molecular complexity index is 526. The Morgan fingerprint density at radius 3 is 2.70 bits per heavy atom. The number of nitrogens with zero attached hydrogens (tertiary/aromatic N) is 1. The zero-order valence-electron chi connectivity index (χ0n) is 13.1. The molecule has 2 N–H and O–H groups in total. The van der Waals surface area contributed by atoms with Crippen molar-refractivity contribution in [2.45, 2.75) is 44.4 Å². The molecule has 0 unspecified atom stereocenters. The Morgan fingerprint density at radius 2 is 2.04 bits per heavy atom. The highest BCUT2D eigenvalue weighted by atomic mass is 19.4. The van der Waals surface area contributed by atoms with Crippen LogP contribution in [-0.2, 0) is 6.54 Å². The van der Waals surface area contributed by atoms with Crippen LogP contribution in [0.15, 0.2) is 29.3 Å². The molecule has 0 aromatic heterocycles. The molecule has 0 spiro atoms. The lowest BCUT2D eigenvalue weighted by Gasteiger charge is -2.17. The number of benzene rings is 1. The van der Waals surface area contributed by atoms with Gasteiger partial charge in [0.25, 0.3) is 0 Å². The van der Waals surface area contributed by atoms with Crippen molar-refractivity contribution in [1.82, 2.24) is 10.6 Å². The van der Waals surface area contributed by atoms with E-state index in [-0.39, 0.29) is 5.75 Å². The Balaban J connectivity index is 1.84. The number of guanidine groups is 1. The van der Waals surface area contributed by atoms with Crippen LogP contribution in [0.2, 0.25) is 0 Å². The van der Waals surface area contributed by atoms with Gasteiger partial charge in [-0.3, -0.25) is 4.99 Å². The minimum atomic E-state index is -4.33. The molecule has 0 saturated heterocycles. The molecule has 0 aliphatic heterocycles. The normalized spacial score (nSPS) is 16.4. The second kappa shape index (κ2) is 8.08. The maximum atomic E-state index is 12.2. The first-order chi connectivity index (χ1) is 11.0. The molecule has 128 valence electrons. The topological polar surface area (TPSA) is 45.7 Å². The summed E-state index contributed by atoms with van der Waals surface area (Å²) in [7, 11) is 1.70. The summed E-state index contributed by atoms with van der Waals surface area (Å²) >= 11 is 0. The summed E-state index contributed by atoms with van der Waals surface area (Å²) in [6.07, 6.45) is 0.408. The van der Waals surface area contributed by atoms with E-state index < -0.39 is 12.8 Å². The van der Waals surface area contributed by atoms with E-state index >= 15 is 0 Å². The van der Waals surface area contributed by atoms with Gasteiger partial charge in [-0.1, -0.05) is 25.0 Å². The van der Waals surface area contributed by atoms with Crippen molar-refractivity contribution in [2.24, 2.45) is 4.99 Å². The van der Waals surface area contributed by atoms with Gasteiger partial charge in [0.15, 0.2) is 12.6 Å². The SMILES string of the molecule is CN=C(NCc1cccc(OCC(F)(F)F)c1)NC1CCCC1. The van der Waals surface area contributed by atoms with E-state index in [1.165, 1.54) is 18.9 Å². The predicted octanol–water partition coefficient (Wildman–Crippen LogP) is 3.24. The van der Waals surface area contributed by atoms with Gasteiger partial charge in [0.1, 0.15) is 5.75 Å². The number of nitrogens with one attached hydrogen (secondary N) is 2. The third-order valence-electron chi connectivity index (χ3n) is 3.68. The fourth-order valence-corrected chi connectivity index (χ4v) is 2.55. The molecule has 1 aromatic carbocycles. The van der Waals surface area contributed by atoms with Gasteiger partial charge in [0.05, 0.1) is 0 Å². The zero-order chi connectivity index (χ0) is 16.7. The fourth-order valence-electron chi connectivity index (χ4n) is 2.55. The van der Waals surface area contributed by atoms with Crippen LogP contribution in [0.3, 0.4) is 0 Å². The van der Waals surface area contributed by atoms with E-state index in [4.69, 9.17) is 4.74 Å². The highest BCUT2D eigenvalue weighted by Crippen LogP contribution is 2.19. The number of halogens is 3.